The minimum Gasteiger partial charge on any atom is -0.355 e. The highest BCUT2D eigenvalue weighted by Crippen LogP contribution is 2.19. The Bertz CT molecular complexity index is 1030. The second-order valence-corrected chi connectivity index (χ2v) is 7.71. The van der Waals surface area contributed by atoms with E-state index in [1.165, 1.54) is 24.8 Å². The van der Waals surface area contributed by atoms with Gasteiger partial charge >= 0.3 is 0 Å². The molecule has 1 fully saturated rings. The smallest absolute Gasteiger partial charge is 0.273 e. The molecular weight excluding hydrogens is 392 g/mol. The fraction of sp³-hybridized carbons (Fsp3) is 0.292. The number of nitrogens with zero attached hydrogens (tertiary/aromatic N) is 2. The maximum Gasteiger partial charge on any atom is 0.273 e. The average molecular weight is 418 g/mol. The Labute approximate surface area is 181 Å². The van der Waals surface area contributed by atoms with Crippen LogP contribution in [0.15, 0.2) is 65.2 Å². The molecule has 1 aromatic heterocycles. The van der Waals surface area contributed by atoms with E-state index in [1.54, 1.807) is 6.07 Å². The van der Waals surface area contributed by atoms with Crippen LogP contribution in [0, 0.1) is 0 Å². The number of benzene rings is 2. The van der Waals surface area contributed by atoms with Crippen molar-refractivity contribution in [1.82, 2.24) is 15.4 Å². The summed E-state index contributed by atoms with van der Waals surface area (Å²) in [6.07, 6.45) is 3.79. The van der Waals surface area contributed by atoms with E-state index in [0.29, 0.717) is 5.76 Å². The Morgan fingerprint density at radius 3 is 2.58 bits per heavy atom. The molecule has 0 unspecified atom stereocenters. The molecule has 4 rings (SSSR count). The SMILES string of the molecule is O=C(CNC(=O)c1cc(-c2ccccc2)on1)Nc1cccc(CN2CCCCC2)c1. The zero-order valence-corrected chi connectivity index (χ0v) is 17.3. The van der Waals surface area contributed by atoms with Gasteiger partial charge in [0, 0.05) is 23.9 Å². The lowest BCUT2D eigenvalue weighted by Crippen LogP contribution is -2.33. The number of hydrogen-bond acceptors (Lipinski definition) is 5. The second kappa shape index (κ2) is 10.0. The highest BCUT2D eigenvalue weighted by atomic mass is 16.5. The maximum absolute atomic E-state index is 12.3. The van der Waals surface area contributed by atoms with Gasteiger partial charge in [0.15, 0.2) is 11.5 Å². The Kier molecular flexibility index (Phi) is 6.74. The standard InChI is InChI=1S/C24H26N4O3/c29-23(26-20-11-7-8-18(14-20)17-28-12-5-2-6-13-28)16-25-24(30)21-15-22(31-27-21)19-9-3-1-4-10-19/h1,3-4,7-11,14-15H,2,5-6,12-13,16-17H2,(H,25,30)(H,26,29). The lowest BCUT2D eigenvalue weighted by atomic mass is 10.1. The van der Waals surface area contributed by atoms with E-state index in [0.717, 1.165) is 30.9 Å². The van der Waals surface area contributed by atoms with Crippen molar-refractivity contribution in [3.63, 3.8) is 0 Å². The van der Waals surface area contributed by atoms with Gasteiger partial charge in [-0.3, -0.25) is 14.5 Å². The third kappa shape index (κ3) is 5.79. The van der Waals surface area contributed by atoms with Crippen LogP contribution in [0.3, 0.4) is 0 Å². The third-order valence-electron chi connectivity index (χ3n) is 5.28. The van der Waals surface area contributed by atoms with Gasteiger partial charge in [0.25, 0.3) is 5.91 Å². The van der Waals surface area contributed by atoms with Crippen LogP contribution in [-0.2, 0) is 11.3 Å². The molecule has 2 N–H and O–H groups in total. The van der Waals surface area contributed by atoms with Crippen LogP contribution in [0.5, 0.6) is 0 Å². The summed E-state index contributed by atoms with van der Waals surface area (Å²) in [6, 6.07) is 18.8. The van der Waals surface area contributed by atoms with E-state index in [-0.39, 0.29) is 18.1 Å². The molecule has 2 amide bonds. The summed E-state index contributed by atoms with van der Waals surface area (Å²) in [5, 5.41) is 9.22. The van der Waals surface area contributed by atoms with Gasteiger partial charge in [-0.15, -0.1) is 0 Å². The summed E-state index contributed by atoms with van der Waals surface area (Å²) >= 11 is 0. The molecule has 1 aliphatic heterocycles. The van der Waals surface area contributed by atoms with Crippen LogP contribution < -0.4 is 10.6 Å². The van der Waals surface area contributed by atoms with Gasteiger partial charge in [0.1, 0.15) is 0 Å². The normalized spacial score (nSPS) is 14.2. The zero-order valence-electron chi connectivity index (χ0n) is 17.3. The van der Waals surface area contributed by atoms with Gasteiger partial charge in [-0.1, -0.05) is 54.0 Å². The molecule has 0 radical (unpaired) electrons. The van der Waals surface area contributed by atoms with Crippen molar-refractivity contribution >= 4 is 17.5 Å². The highest BCUT2D eigenvalue weighted by Gasteiger charge is 2.15. The van der Waals surface area contributed by atoms with E-state index in [2.05, 4.69) is 26.8 Å². The van der Waals surface area contributed by atoms with Crippen molar-refractivity contribution in [3.8, 4) is 11.3 Å². The summed E-state index contributed by atoms with van der Waals surface area (Å²) in [4.78, 5) is 27.0. The Balaban J connectivity index is 1.28. The van der Waals surface area contributed by atoms with E-state index < -0.39 is 5.91 Å². The minimum atomic E-state index is -0.458. The number of amides is 2. The highest BCUT2D eigenvalue weighted by molar-refractivity contribution is 5.98. The molecule has 1 saturated heterocycles. The van der Waals surface area contributed by atoms with Crippen molar-refractivity contribution in [1.29, 1.82) is 0 Å². The molecule has 3 aromatic rings. The molecule has 2 heterocycles. The number of carbonyl (C=O) groups excluding carboxylic acids is 2. The average Bonchev–Trinajstić information content (AvgIpc) is 3.30. The van der Waals surface area contributed by atoms with Crippen molar-refractivity contribution in [2.75, 3.05) is 25.0 Å². The summed E-state index contributed by atoms with van der Waals surface area (Å²) in [6.45, 7) is 2.98. The van der Waals surface area contributed by atoms with Gasteiger partial charge in [-0.2, -0.15) is 0 Å². The van der Waals surface area contributed by atoms with E-state index in [4.69, 9.17) is 4.52 Å². The Morgan fingerprint density at radius 2 is 1.77 bits per heavy atom. The first-order valence-corrected chi connectivity index (χ1v) is 10.6. The van der Waals surface area contributed by atoms with E-state index in [1.807, 2.05) is 48.5 Å². The van der Waals surface area contributed by atoms with Gasteiger partial charge < -0.3 is 15.2 Å². The molecule has 0 bridgehead atoms. The molecular formula is C24H26N4O3. The largest absolute Gasteiger partial charge is 0.355 e. The second-order valence-electron chi connectivity index (χ2n) is 7.71. The van der Waals surface area contributed by atoms with Crippen LogP contribution in [0.4, 0.5) is 5.69 Å². The molecule has 31 heavy (non-hydrogen) atoms. The van der Waals surface area contributed by atoms with E-state index >= 15 is 0 Å². The predicted octanol–water partition coefficient (Wildman–Crippen LogP) is 3.70. The molecule has 0 spiro atoms. The summed E-state index contributed by atoms with van der Waals surface area (Å²) in [5.41, 5.74) is 2.85. The first kappa shape index (κ1) is 20.8. The number of anilines is 1. The van der Waals surface area contributed by atoms with Crippen LogP contribution in [0.1, 0.15) is 35.3 Å². The number of piperidine rings is 1. The molecule has 1 aliphatic rings. The zero-order chi connectivity index (χ0) is 21.5. The third-order valence-corrected chi connectivity index (χ3v) is 5.28. The molecule has 7 nitrogen and oxygen atoms in total. The Hall–Kier alpha value is -3.45. The van der Waals surface area contributed by atoms with Gasteiger partial charge in [0.2, 0.25) is 5.91 Å². The van der Waals surface area contributed by atoms with Crippen molar-refractivity contribution in [3.05, 3.63) is 71.9 Å². The van der Waals surface area contributed by atoms with Gasteiger partial charge in [-0.05, 0) is 43.6 Å². The molecule has 0 aliphatic carbocycles. The fourth-order valence-corrected chi connectivity index (χ4v) is 3.70. The summed E-state index contributed by atoms with van der Waals surface area (Å²) in [7, 11) is 0. The minimum absolute atomic E-state index is 0.134. The number of carbonyl (C=O) groups is 2. The predicted molar refractivity (Wildman–Crippen MR) is 118 cm³/mol. The Morgan fingerprint density at radius 1 is 0.968 bits per heavy atom. The monoisotopic (exact) mass is 418 g/mol. The lowest BCUT2D eigenvalue weighted by molar-refractivity contribution is -0.115. The van der Waals surface area contributed by atoms with Crippen LogP contribution in [0.2, 0.25) is 0 Å². The van der Waals surface area contributed by atoms with Crippen molar-refractivity contribution < 1.29 is 14.1 Å². The molecule has 7 heteroatoms. The van der Waals surface area contributed by atoms with Crippen LogP contribution >= 0.6 is 0 Å². The lowest BCUT2D eigenvalue weighted by Gasteiger charge is -2.26. The molecule has 160 valence electrons. The summed E-state index contributed by atoms with van der Waals surface area (Å²) in [5.74, 6) is -0.254. The van der Waals surface area contributed by atoms with Crippen molar-refractivity contribution in [2.24, 2.45) is 0 Å². The maximum atomic E-state index is 12.3. The number of aromatic nitrogens is 1. The topological polar surface area (TPSA) is 87.5 Å². The van der Waals surface area contributed by atoms with Gasteiger partial charge in [-0.25, -0.2) is 0 Å². The molecule has 0 saturated carbocycles. The fourth-order valence-electron chi connectivity index (χ4n) is 3.70. The van der Waals surface area contributed by atoms with E-state index in [9.17, 15) is 9.59 Å². The number of nitrogens with one attached hydrogen (secondary N) is 2. The first-order valence-electron chi connectivity index (χ1n) is 10.6. The molecule has 2 aromatic carbocycles. The number of likely N-dealkylation sites (tertiary alicyclic amines) is 1. The number of hydrogen-bond donors (Lipinski definition) is 2. The van der Waals surface area contributed by atoms with Crippen LogP contribution in [-0.4, -0.2) is 41.5 Å². The van der Waals surface area contributed by atoms with Gasteiger partial charge in [0.05, 0.1) is 6.54 Å². The quantitative estimate of drug-likeness (QED) is 0.611. The van der Waals surface area contributed by atoms with Crippen molar-refractivity contribution in [2.45, 2.75) is 25.8 Å². The first-order chi connectivity index (χ1) is 15.2. The summed E-state index contributed by atoms with van der Waals surface area (Å²) < 4.78 is 5.23. The number of rotatable bonds is 7. The van der Waals surface area contributed by atoms with Crippen LogP contribution in [0.25, 0.3) is 11.3 Å². The molecule has 0 atom stereocenters.